The standard InChI is InChI=1S/C20H28N3O5/c1-15-19(22-23-21)20(28-13-16-9-5-3-6-10-16)17(14-27-15)26-12-8-4-7-11-18(24)25-2/h3,5-6,9-10,14-15,17,19-20H,4,7-8,11-13H2,1-2H3/t15-,17-,19-,20-/m1/s1. The number of carbonyl (C=O) groups is 1. The van der Waals surface area contributed by atoms with Crippen LogP contribution in [0.25, 0.3) is 10.4 Å². The summed E-state index contributed by atoms with van der Waals surface area (Å²) in [5.41, 5.74) is 9.95. The summed E-state index contributed by atoms with van der Waals surface area (Å²) in [4.78, 5) is 14.1. The van der Waals surface area contributed by atoms with Crippen molar-refractivity contribution in [1.29, 1.82) is 0 Å². The van der Waals surface area contributed by atoms with Crippen LogP contribution >= 0.6 is 0 Å². The molecule has 0 saturated carbocycles. The van der Waals surface area contributed by atoms with E-state index < -0.39 is 18.2 Å². The van der Waals surface area contributed by atoms with Gasteiger partial charge in [-0.2, -0.15) is 0 Å². The van der Waals surface area contributed by atoms with E-state index in [9.17, 15) is 4.79 Å². The first-order valence-corrected chi connectivity index (χ1v) is 9.52. The number of unbranched alkanes of at least 4 members (excludes halogenated alkanes) is 2. The van der Waals surface area contributed by atoms with Crippen LogP contribution in [0.2, 0.25) is 0 Å². The molecule has 0 unspecified atom stereocenters. The normalized spacial score (nSPS) is 24.4. The van der Waals surface area contributed by atoms with Crippen molar-refractivity contribution in [1.82, 2.24) is 0 Å². The fraction of sp³-hybridized carbons (Fsp3) is 0.600. The zero-order valence-electron chi connectivity index (χ0n) is 16.4. The topological polar surface area (TPSA) is 103 Å². The number of esters is 1. The molecule has 1 fully saturated rings. The van der Waals surface area contributed by atoms with Gasteiger partial charge < -0.3 is 18.9 Å². The highest BCUT2D eigenvalue weighted by Crippen LogP contribution is 2.27. The fourth-order valence-electron chi connectivity index (χ4n) is 3.00. The van der Waals surface area contributed by atoms with Crippen LogP contribution in [0.4, 0.5) is 0 Å². The maximum absolute atomic E-state index is 11.1. The van der Waals surface area contributed by atoms with Crippen molar-refractivity contribution in [3.63, 3.8) is 0 Å². The highest BCUT2D eigenvalue weighted by Gasteiger charge is 2.40. The Morgan fingerprint density at radius 3 is 2.71 bits per heavy atom. The number of hydrogen-bond acceptors (Lipinski definition) is 6. The molecule has 1 aliphatic heterocycles. The van der Waals surface area contributed by atoms with Gasteiger partial charge in [-0.25, -0.2) is 0 Å². The van der Waals surface area contributed by atoms with Crippen LogP contribution in [0.5, 0.6) is 0 Å². The summed E-state index contributed by atoms with van der Waals surface area (Å²) >= 11 is 0. The number of azide groups is 1. The van der Waals surface area contributed by atoms with Crippen LogP contribution < -0.4 is 0 Å². The van der Waals surface area contributed by atoms with Gasteiger partial charge in [0.25, 0.3) is 0 Å². The van der Waals surface area contributed by atoms with E-state index in [4.69, 9.17) is 19.7 Å². The van der Waals surface area contributed by atoms with Gasteiger partial charge >= 0.3 is 5.97 Å². The lowest BCUT2D eigenvalue weighted by molar-refractivity contribution is -0.147. The highest BCUT2D eigenvalue weighted by molar-refractivity contribution is 5.68. The van der Waals surface area contributed by atoms with Crippen molar-refractivity contribution in [2.24, 2.45) is 5.11 Å². The number of benzene rings is 1. The molecule has 8 nitrogen and oxygen atoms in total. The predicted octanol–water partition coefficient (Wildman–Crippen LogP) is 3.95. The van der Waals surface area contributed by atoms with Crippen molar-refractivity contribution in [3.8, 4) is 0 Å². The van der Waals surface area contributed by atoms with Gasteiger partial charge in [-0.05, 0) is 30.9 Å². The Balaban J connectivity index is 1.87. The molecule has 1 heterocycles. The van der Waals surface area contributed by atoms with Crippen molar-refractivity contribution in [3.05, 3.63) is 52.9 Å². The average molecular weight is 390 g/mol. The van der Waals surface area contributed by atoms with Crippen LogP contribution in [0.3, 0.4) is 0 Å². The Morgan fingerprint density at radius 1 is 1.21 bits per heavy atom. The zero-order chi connectivity index (χ0) is 20.2. The fourth-order valence-corrected chi connectivity index (χ4v) is 3.00. The number of methoxy groups -OCH3 is 1. The van der Waals surface area contributed by atoms with Crippen LogP contribution in [-0.2, 0) is 30.3 Å². The predicted molar refractivity (Wildman–Crippen MR) is 103 cm³/mol. The van der Waals surface area contributed by atoms with Crippen molar-refractivity contribution >= 4 is 5.97 Å². The minimum absolute atomic E-state index is 0.199. The van der Waals surface area contributed by atoms with Crippen LogP contribution in [-0.4, -0.2) is 44.0 Å². The molecule has 0 amide bonds. The van der Waals surface area contributed by atoms with Gasteiger partial charge in [0.15, 0.2) is 0 Å². The van der Waals surface area contributed by atoms with Gasteiger partial charge in [-0.15, -0.1) is 0 Å². The van der Waals surface area contributed by atoms with Gasteiger partial charge in [0.05, 0.1) is 32.0 Å². The van der Waals surface area contributed by atoms with E-state index in [0.717, 1.165) is 24.8 Å². The second-order valence-corrected chi connectivity index (χ2v) is 6.66. The largest absolute Gasteiger partial charge is 0.469 e. The van der Waals surface area contributed by atoms with Gasteiger partial charge in [0, 0.05) is 17.9 Å². The second-order valence-electron chi connectivity index (χ2n) is 6.66. The van der Waals surface area contributed by atoms with Crippen molar-refractivity contribution in [2.45, 2.75) is 63.6 Å². The smallest absolute Gasteiger partial charge is 0.305 e. The average Bonchev–Trinajstić information content (AvgIpc) is 2.72. The lowest BCUT2D eigenvalue weighted by Crippen LogP contribution is -2.51. The summed E-state index contributed by atoms with van der Waals surface area (Å²) < 4.78 is 22.2. The third kappa shape index (κ3) is 7.13. The lowest BCUT2D eigenvalue weighted by Gasteiger charge is -2.38. The van der Waals surface area contributed by atoms with Crippen LogP contribution in [0.1, 0.15) is 38.2 Å². The Labute approximate surface area is 165 Å². The molecule has 0 spiro atoms. The summed E-state index contributed by atoms with van der Waals surface area (Å²) in [5, 5.41) is 3.87. The minimum Gasteiger partial charge on any atom is -0.469 e. The third-order valence-electron chi connectivity index (χ3n) is 4.60. The van der Waals surface area contributed by atoms with Crippen molar-refractivity contribution < 1.29 is 23.7 Å². The van der Waals surface area contributed by atoms with Crippen molar-refractivity contribution in [2.75, 3.05) is 13.7 Å². The van der Waals surface area contributed by atoms with Crippen LogP contribution in [0.15, 0.2) is 35.4 Å². The molecule has 1 aromatic carbocycles. The molecular formula is C20H28N3O5. The maximum atomic E-state index is 11.1. The Hall–Kier alpha value is -2.12. The molecule has 1 aliphatic rings. The lowest BCUT2D eigenvalue weighted by atomic mass is 9.98. The first kappa shape index (κ1) is 22.2. The van der Waals surface area contributed by atoms with Crippen LogP contribution in [0, 0.1) is 6.61 Å². The second kappa shape index (κ2) is 12.4. The first-order chi connectivity index (χ1) is 13.7. The number of hydrogen-bond donors (Lipinski definition) is 0. The van der Waals surface area contributed by atoms with Gasteiger partial charge in [0.2, 0.25) is 0 Å². The van der Waals surface area contributed by atoms with Gasteiger partial charge in [-0.3, -0.25) is 4.79 Å². The molecule has 1 radical (unpaired) electrons. The van der Waals surface area contributed by atoms with E-state index in [-0.39, 0.29) is 12.1 Å². The molecule has 1 saturated heterocycles. The summed E-state index contributed by atoms with van der Waals surface area (Å²) in [6.45, 7) is 4.35. The Morgan fingerprint density at radius 2 is 2.00 bits per heavy atom. The molecule has 2 rings (SSSR count). The van der Waals surface area contributed by atoms with Gasteiger partial charge in [0.1, 0.15) is 12.7 Å². The van der Waals surface area contributed by atoms with E-state index in [1.807, 2.05) is 37.3 Å². The molecule has 0 aliphatic carbocycles. The molecule has 153 valence electrons. The van der Waals surface area contributed by atoms with E-state index in [2.05, 4.69) is 14.8 Å². The van der Waals surface area contributed by atoms with Gasteiger partial charge in [-0.1, -0.05) is 41.9 Å². The Kier molecular flexibility index (Phi) is 9.79. The number of nitrogens with zero attached hydrogens (tertiary/aromatic N) is 3. The molecule has 0 bridgehead atoms. The van der Waals surface area contributed by atoms with E-state index in [0.29, 0.717) is 19.6 Å². The quantitative estimate of drug-likeness (QED) is 0.187. The number of carbonyl (C=O) groups excluding carboxylic acids is 1. The molecule has 0 aromatic heterocycles. The SMILES string of the molecule is COC(=O)CCCCCO[C@@H]1[CH]O[C@H](C)[C@@H](N=[N+]=[N-])[C@@H]1OCc1ccccc1. The summed E-state index contributed by atoms with van der Waals surface area (Å²) in [7, 11) is 1.39. The monoisotopic (exact) mass is 390 g/mol. The molecule has 4 atom stereocenters. The van der Waals surface area contributed by atoms with E-state index >= 15 is 0 Å². The summed E-state index contributed by atoms with van der Waals surface area (Å²) in [6, 6.07) is 9.32. The third-order valence-corrected chi connectivity index (χ3v) is 4.60. The molecule has 8 heteroatoms. The zero-order valence-corrected chi connectivity index (χ0v) is 16.4. The first-order valence-electron chi connectivity index (χ1n) is 9.52. The molecule has 1 aromatic rings. The Bertz CT molecular complexity index is 636. The van der Waals surface area contributed by atoms with E-state index in [1.165, 1.54) is 7.11 Å². The summed E-state index contributed by atoms with van der Waals surface area (Å²) in [6.07, 6.45) is 1.66. The number of rotatable bonds is 11. The highest BCUT2D eigenvalue weighted by atomic mass is 16.6. The molecular weight excluding hydrogens is 362 g/mol. The minimum atomic E-state index is -0.483. The van der Waals surface area contributed by atoms with E-state index in [1.54, 1.807) is 6.61 Å². The number of ether oxygens (including phenoxy) is 4. The maximum Gasteiger partial charge on any atom is 0.305 e. The summed E-state index contributed by atoms with van der Waals surface area (Å²) in [5.74, 6) is -0.199. The molecule has 0 N–H and O–H groups in total. The molecule has 28 heavy (non-hydrogen) atoms.